The molecule has 0 unspecified atom stereocenters. The van der Waals surface area contributed by atoms with Crippen LogP contribution < -0.4 is 15.6 Å². The molecular formula is C14H13NO5. The van der Waals surface area contributed by atoms with Crippen molar-refractivity contribution in [1.82, 2.24) is 4.98 Å². The molecule has 0 saturated carbocycles. The van der Waals surface area contributed by atoms with Crippen LogP contribution in [-0.2, 0) is 0 Å². The highest BCUT2D eigenvalue weighted by molar-refractivity contribution is 5.89. The molecule has 2 N–H and O–H groups in total. The molecule has 20 heavy (non-hydrogen) atoms. The number of nitrogens with one attached hydrogen (secondary N) is 1. The van der Waals surface area contributed by atoms with Crippen LogP contribution in [-0.4, -0.2) is 22.7 Å². The average Bonchev–Trinajstić information content (AvgIpc) is 2.57. The number of pyridine rings is 1. The van der Waals surface area contributed by atoms with Gasteiger partial charge in [-0.05, 0) is 24.6 Å². The summed E-state index contributed by atoms with van der Waals surface area (Å²) >= 11 is 0. The van der Waals surface area contributed by atoms with E-state index in [1.807, 2.05) is 6.92 Å². The van der Waals surface area contributed by atoms with Crippen molar-refractivity contribution in [3.05, 3.63) is 50.4 Å². The van der Waals surface area contributed by atoms with Crippen molar-refractivity contribution in [3.8, 4) is 5.75 Å². The molecule has 1 heterocycles. The van der Waals surface area contributed by atoms with Gasteiger partial charge in [0.05, 0.1) is 12.1 Å². The van der Waals surface area contributed by atoms with E-state index in [0.717, 1.165) is 12.5 Å². The highest BCUT2D eigenvalue weighted by Crippen LogP contribution is 2.11. The summed E-state index contributed by atoms with van der Waals surface area (Å²) in [5, 5.41) is 9.11. The highest BCUT2D eigenvalue weighted by Gasteiger charge is 2.09. The Balaban J connectivity index is 2.73. The van der Waals surface area contributed by atoms with Crippen molar-refractivity contribution in [1.29, 1.82) is 0 Å². The summed E-state index contributed by atoms with van der Waals surface area (Å²) < 4.78 is 5.31. The molecule has 104 valence electrons. The monoisotopic (exact) mass is 275 g/mol. The lowest BCUT2D eigenvalue weighted by molar-refractivity contribution is 0.0691. The number of carboxylic acids is 1. The fraction of sp³-hybridized carbons (Fsp3) is 0.214. The normalized spacial score (nSPS) is 10.4. The first kappa shape index (κ1) is 13.8. The maximum absolute atomic E-state index is 11.9. The molecule has 0 amide bonds. The maximum Gasteiger partial charge on any atom is 0.352 e. The van der Waals surface area contributed by atoms with Crippen molar-refractivity contribution in [2.45, 2.75) is 13.3 Å². The Morgan fingerprint density at radius 2 is 2.00 bits per heavy atom. The number of hydrogen-bond acceptors (Lipinski definition) is 4. The molecule has 1 aromatic carbocycles. The number of hydrogen-bond donors (Lipinski definition) is 2. The maximum atomic E-state index is 11.9. The number of rotatable bonds is 4. The van der Waals surface area contributed by atoms with Gasteiger partial charge in [-0.1, -0.05) is 6.92 Å². The first-order valence-electron chi connectivity index (χ1n) is 6.10. The van der Waals surface area contributed by atoms with Gasteiger partial charge < -0.3 is 14.8 Å². The van der Waals surface area contributed by atoms with E-state index in [1.165, 1.54) is 18.2 Å². The minimum absolute atomic E-state index is 0.0791. The van der Waals surface area contributed by atoms with Gasteiger partial charge in [0, 0.05) is 11.5 Å². The molecule has 2 aromatic rings. The SMILES string of the molecule is CCCOc1cc2c(=O)cc(C(=O)O)[nH]c2ccc1=O. The lowest BCUT2D eigenvalue weighted by Crippen LogP contribution is -2.09. The van der Waals surface area contributed by atoms with Gasteiger partial charge in [0.25, 0.3) is 0 Å². The molecule has 2 rings (SSSR count). The van der Waals surface area contributed by atoms with Crippen LogP contribution in [0.1, 0.15) is 23.8 Å². The van der Waals surface area contributed by atoms with Crippen LogP contribution in [0.3, 0.4) is 0 Å². The fourth-order valence-electron chi connectivity index (χ4n) is 1.75. The van der Waals surface area contributed by atoms with Gasteiger partial charge in [0.15, 0.2) is 11.2 Å². The summed E-state index contributed by atoms with van der Waals surface area (Å²) in [5.74, 6) is -1.16. The smallest absolute Gasteiger partial charge is 0.352 e. The standard InChI is InChI=1S/C14H13NO5/c1-2-5-20-13-6-8-9(3-4-11(13)16)15-10(14(18)19)7-12(8)17/h3-4,6-7H,2,5H2,1H3,(H,15,17)(H,18,19). The number of aromatic nitrogens is 1. The molecule has 0 bridgehead atoms. The Bertz CT molecular complexity index is 778. The topological polar surface area (TPSA) is 96.5 Å². The zero-order valence-electron chi connectivity index (χ0n) is 10.8. The van der Waals surface area contributed by atoms with Gasteiger partial charge in [0.2, 0.25) is 5.43 Å². The minimum atomic E-state index is -1.24. The van der Waals surface area contributed by atoms with Gasteiger partial charge in [0.1, 0.15) is 5.69 Å². The number of ether oxygens (including phenoxy) is 1. The van der Waals surface area contributed by atoms with Gasteiger partial charge in [-0.25, -0.2) is 4.79 Å². The number of H-pyrrole nitrogens is 1. The largest absolute Gasteiger partial charge is 0.489 e. The summed E-state index contributed by atoms with van der Waals surface area (Å²) in [7, 11) is 0. The Labute approximate surface area is 113 Å². The van der Waals surface area contributed by atoms with E-state index in [9.17, 15) is 14.4 Å². The summed E-state index contributed by atoms with van der Waals surface area (Å²) in [5.41, 5.74) is -0.789. The van der Waals surface area contributed by atoms with E-state index in [1.54, 1.807) is 0 Å². The van der Waals surface area contributed by atoms with E-state index in [-0.39, 0.29) is 27.8 Å². The number of aromatic amines is 1. The lowest BCUT2D eigenvalue weighted by Gasteiger charge is -2.01. The van der Waals surface area contributed by atoms with Gasteiger partial charge in [-0.15, -0.1) is 0 Å². The van der Waals surface area contributed by atoms with Crippen molar-refractivity contribution in [2.24, 2.45) is 0 Å². The fourth-order valence-corrected chi connectivity index (χ4v) is 1.75. The number of carbonyl (C=O) groups is 1. The van der Waals surface area contributed by atoms with E-state index in [4.69, 9.17) is 9.84 Å². The van der Waals surface area contributed by atoms with Gasteiger partial charge in [-0.3, -0.25) is 9.59 Å². The summed E-state index contributed by atoms with van der Waals surface area (Å²) in [4.78, 5) is 37.2. The third kappa shape index (κ3) is 2.69. The molecule has 1 aromatic heterocycles. The van der Waals surface area contributed by atoms with Crippen molar-refractivity contribution in [2.75, 3.05) is 6.61 Å². The molecule has 0 saturated heterocycles. The van der Waals surface area contributed by atoms with Crippen LogP contribution in [0.4, 0.5) is 0 Å². The first-order valence-corrected chi connectivity index (χ1v) is 6.10. The van der Waals surface area contributed by atoms with Crippen LogP contribution in [0.2, 0.25) is 0 Å². The van der Waals surface area contributed by atoms with Crippen molar-refractivity contribution < 1.29 is 14.6 Å². The molecule has 0 radical (unpaired) electrons. The van der Waals surface area contributed by atoms with Gasteiger partial charge in [-0.2, -0.15) is 0 Å². The Hall–Kier alpha value is -2.63. The molecule has 0 aliphatic rings. The van der Waals surface area contributed by atoms with Crippen molar-refractivity contribution in [3.63, 3.8) is 0 Å². The quantitative estimate of drug-likeness (QED) is 0.878. The van der Waals surface area contributed by atoms with E-state index < -0.39 is 11.4 Å². The number of carboxylic acid groups (broad SMARTS) is 1. The second kappa shape index (κ2) is 5.56. The molecular weight excluding hydrogens is 262 g/mol. The molecule has 0 aliphatic carbocycles. The molecule has 0 spiro atoms. The van der Waals surface area contributed by atoms with Crippen LogP contribution in [0.15, 0.2) is 33.9 Å². The summed E-state index contributed by atoms with van der Waals surface area (Å²) in [6, 6.07) is 4.95. The summed E-state index contributed by atoms with van der Waals surface area (Å²) in [6.07, 6.45) is 0.732. The van der Waals surface area contributed by atoms with Gasteiger partial charge >= 0.3 is 5.97 Å². The second-order valence-electron chi connectivity index (χ2n) is 4.23. The molecule has 6 heteroatoms. The Morgan fingerprint density at radius 3 is 2.65 bits per heavy atom. The van der Waals surface area contributed by atoms with E-state index in [2.05, 4.69) is 4.98 Å². The van der Waals surface area contributed by atoms with E-state index >= 15 is 0 Å². The lowest BCUT2D eigenvalue weighted by atomic mass is 10.2. The molecule has 6 nitrogen and oxygen atoms in total. The summed E-state index contributed by atoms with van der Waals surface area (Å²) in [6.45, 7) is 2.27. The Kier molecular flexibility index (Phi) is 3.84. The van der Waals surface area contributed by atoms with E-state index in [0.29, 0.717) is 6.61 Å². The minimum Gasteiger partial charge on any atom is -0.489 e. The van der Waals surface area contributed by atoms with Crippen LogP contribution >= 0.6 is 0 Å². The third-order valence-electron chi connectivity index (χ3n) is 2.71. The predicted octanol–water partition coefficient (Wildman–Crippen LogP) is 1.38. The second-order valence-corrected chi connectivity index (χ2v) is 4.23. The van der Waals surface area contributed by atoms with Crippen LogP contribution in [0.5, 0.6) is 5.75 Å². The van der Waals surface area contributed by atoms with Crippen molar-refractivity contribution >= 4 is 16.9 Å². The highest BCUT2D eigenvalue weighted by atomic mass is 16.5. The first-order chi connectivity index (χ1) is 9.52. The molecule has 0 aliphatic heterocycles. The average molecular weight is 275 g/mol. The van der Waals surface area contributed by atoms with Crippen LogP contribution in [0.25, 0.3) is 10.9 Å². The number of fused-ring (bicyclic) bond motifs is 1. The zero-order valence-corrected chi connectivity index (χ0v) is 10.8. The third-order valence-corrected chi connectivity index (χ3v) is 2.71. The van der Waals surface area contributed by atoms with Crippen LogP contribution in [0, 0.1) is 0 Å². The zero-order chi connectivity index (χ0) is 14.7. The number of aromatic carboxylic acids is 1. The molecule has 0 atom stereocenters. The Morgan fingerprint density at radius 1 is 1.25 bits per heavy atom. The predicted molar refractivity (Wildman–Crippen MR) is 73.6 cm³/mol. The molecule has 0 fully saturated rings.